The largest absolute Gasteiger partial charge is 0.508 e. The maximum atomic E-state index is 9.46. The van der Waals surface area contributed by atoms with E-state index in [2.05, 4.69) is 10.1 Å². The highest BCUT2D eigenvalue weighted by Gasteiger charge is 2.14. The summed E-state index contributed by atoms with van der Waals surface area (Å²) in [5, 5.41) is 14.5. The van der Waals surface area contributed by atoms with Crippen molar-refractivity contribution in [1.29, 1.82) is 0 Å². The number of hydrogen-bond donors (Lipinski definition) is 1. The molecular formula is C12H10N2O2S. The Balaban J connectivity index is 2.27. The highest BCUT2D eigenvalue weighted by atomic mass is 32.1. The lowest BCUT2D eigenvalue weighted by Crippen LogP contribution is -1.79. The quantitative estimate of drug-likeness (QED) is 0.715. The molecule has 0 atom stereocenters. The Bertz CT molecular complexity index is 700. The fraction of sp³-hybridized carbons (Fsp3) is 0.167. The van der Waals surface area contributed by atoms with Gasteiger partial charge in [0, 0.05) is 11.6 Å². The van der Waals surface area contributed by atoms with Gasteiger partial charge in [-0.3, -0.25) is 0 Å². The summed E-state index contributed by atoms with van der Waals surface area (Å²) < 4.78 is 6.02. The van der Waals surface area contributed by atoms with Crippen molar-refractivity contribution in [3.8, 4) is 16.5 Å². The van der Waals surface area contributed by atoms with E-state index in [1.165, 1.54) is 0 Å². The smallest absolute Gasteiger partial charge is 0.223 e. The third-order valence-corrected chi connectivity index (χ3v) is 3.90. The molecule has 0 spiro atoms. The Morgan fingerprint density at radius 1 is 1.29 bits per heavy atom. The molecule has 0 radical (unpaired) electrons. The van der Waals surface area contributed by atoms with Crippen LogP contribution in [-0.2, 0) is 0 Å². The summed E-state index contributed by atoms with van der Waals surface area (Å²) in [4.78, 5) is 5.22. The number of rotatable bonds is 1. The Labute approximate surface area is 102 Å². The van der Waals surface area contributed by atoms with Crippen LogP contribution in [0.3, 0.4) is 0 Å². The van der Waals surface area contributed by atoms with E-state index in [9.17, 15) is 5.11 Å². The van der Waals surface area contributed by atoms with Crippen LogP contribution >= 0.6 is 11.3 Å². The zero-order chi connectivity index (χ0) is 12.0. The van der Waals surface area contributed by atoms with E-state index in [1.807, 2.05) is 13.0 Å². The average Bonchev–Trinajstić information content (AvgIpc) is 2.83. The molecule has 1 N–H and O–H groups in total. The van der Waals surface area contributed by atoms with Crippen molar-refractivity contribution >= 4 is 21.4 Å². The summed E-state index contributed by atoms with van der Waals surface area (Å²) in [5.74, 6) is 1.44. The van der Waals surface area contributed by atoms with Gasteiger partial charge in [-0.25, -0.2) is 0 Å². The zero-order valence-corrected chi connectivity index (χ0v) is 10.2. The minimum absolute atomic E-state index is 0.273. The van der Waals surface area contributed by atoms with Crippen LogP contribution in [0.5, 0.6) is 5.75 Å². The van der Waals surface area contributed by atoms with Gasteiger partial charge in [0.1, 0.15) is 5.75 Å². The Kier molecular flexibility index (Phi) is 2.16. The highest BCUT2D eigenvalue weighted by molar-refractivity contribution is 7.22. The number of thiophene rings is 1. The molecule has 5 heteroatoms. The van der Waals surface area contributed by atoms with E-state index in [1.54, 1.807) is 30.4 Å². The van der Waals surface area contributed by atoms with Crippen molar-refractivity contribution in [3.63, 3.8) is 0 Å². The van der Waals surface area contributed by atoms with Crippen molar-refractivity contribution in [2.24, 2.45) is 0 Å². The van der Waals surface area contributed by atoms with Gasteiger partial charge >= 0.3 is 0 Å². The first-order chi connectivity index (χ1) is 8.15. The van der Waals surface area contributed by atoms with Gasteiger partial charge in [0.25, 0.3) is 0 Å². The summed E-state index contributed by atoms with van der Waals surface area (Å²) in [6.07, 6.45) is 0. The van der Waals surface area contributed by atoms with Crippen LogP contribution in [0.2, 0.25) is 0 Å². The molecule has 0 aliphatic heterocycles. The van der Waals surface area contributed by atoms with Crippen LogP contribution in [0, 0.1) is 13.8 Å². The number of hydrogen-bond acceptors (Lipinski definition) is 5. The second kappa shape index (κ2) is 3.56. The number of fused-ring (bicyclic) bond motifs is 1. The van der Waals surface area contributed by atoms with Gasteiger partial charge in [0.2, 0.25) is 11.7 Å². The van der Waals surface area contributed by atoms with E-state index in [0.29, 0.717) is 11.7 Å². The van der Waals surface area contributed by atoms with Crippen molar-refractivity contribution < 1.29 is 9.63 Å². The Morgan fingerprint density at radius 3 is 2.82 bits per heavy atom. The third-order valence-electron chi connectivity index (χ3n) is 2.65. The first-order valence-corrected chi connectivity index (χ1v) is 5.99. The first-order valence-electron chi connectivity index (χ1n) is 5.18. The highest BCUT2D eigenvalue weighted by Crippen LogP contribution is 2.38. The van der Waals surface area contributed by atoms with Gasteiger partial charge in [-0.2, -0.15) is 4.98 Å². The van der Waals surface area contributed by atoms with Crippen LogP contribution in [0.1, 0.15) is 11.5 Å². The third kappa shape index (κ3) is 1.59. The van der Waals surface area contributed by atoms with E-state index < -0.39 is 0 Å². The fourth-order valence-corrected chi connectivity index (χ4v) is 2.99. The molecule has 0 aliphatic carbocycles. The zero-order valence-electron chi connectivity index (χ0n) is 9.39. The minimum atomic E-state index is 0.273. The lowest BCUT2D eigenvalue weighted by molar-refractivity contribution is 0.394. The average molecular weight is 246 g/mol. The van der Waals surface area contributed by atoms with E-state index >= 15 is 0 Å². The van der Waals surface area contributed by atoms with Gasteiger partial charge in [-0.05, 0) is 36.1 Å². The summed E-state index contributed by atoms with van der Waals surface area (Å²) in [6.45, 7) is 3.79. The normalized spacial score (nSPS) is 11.2. The summed E-state index contributed by atoms with van der Waals surface area (Å²) >= 11 is 1.56. The maximum Gasteiger partial charge on any atom is 0.223 e. The van der Waals surface area contributed by atoms with Gasteiger partial charge in [0.15, 0.2) is 0 Å². The van der Waals surface area contributed by atoms with Crippen molar-refractivity contribution in [2.75, 3.05) is 0 Å². The van der Waals surface area contributed by atoms with Crippen LogP contribution in [0.15, 0.2) is 22.7 Å². The molecule has 17 heavy (non-hydrogen) atoms. The number of phenols is 1. The number of aromatic hydroxyl groups is 1. The van der Waals surface area contributed by atoms with Crippen molar-refractivity contribution in [1.82, 2.24) is 10.1 Å². The van der Waals surface area contributed by atoms with Crippen LogP contribution in [-0.4, -0.2) is 15.2 Å². The lowest BCUT2D eigenvalue weighted by Gasteiger charge is -1.93. The molecule has 0 saturated heterocycles. The van der Waals surface area contributed by atoms with Crippen molar-refractivity contribution in [3.05, 3.63) is 29.7 Å². The van der Waals surface area contributed by atoms with Gasteiger partial charge in [0.05, 0.1) is 4.88 Å². The van der Waals surface area contributed by atoms with E-state index in [0.717, 1.165) is 20.5 Å². The standard InChI is InChI=1S/C12H10N2O2S/c1-6-9-4-3-8(15)5-10(9)17-11(6)12-13-7(2)16-14-12/h3-5,15H,1-2H3. The Hall–Kier alpha value is -1.88. The van der Waals surface area contributed by atoms with E-state index in [-0.39, 0.29) is 5.75 Å². The fourth-order valence-electron chi connectivity index (χ4n) is 1.82. The SMILES string of the molecule is Cc1nc(-c2sc3cc(O)ccc3c2C)no1. The first kappa shape index (κ1) is 10.3. The molecule has 0 bridgehead atoms. The molecule has 0 unspecified atom stereocenters. The van der Waals surface area contributed by atoms with Crippen LogP contribution < -0.4 is 0 Å². The minimum Gasteiger partial charge on any atom is -0.508 e. The molecule has 0 aliphatic rings. The van der Waals surface area contributed by atoms with Crippen molar-refractivity contribution in [2.45, 2.75) is 13.8 Å². The summed E-state index contributed by atoms with van der Waals surface area (Å²) in [5.41, 5.74) is 1.12. The van der Waals surface area contributed by atoms with Gasteiger partial charge in [-0.15, -0.1) is 11.3 Å². The van der Waals surface area contributed by atoms with E-state index in [4.69, 9.17) is 4.52 Å². The molecule has 2 aromatic heterocycles. The molecular weight excluding hydrogens is 236 g/mol. The maximum absolute atomic E-state index is 9.46. The molecule has 0 amide bonds. The number of phenolic OH excluding ortho intramolecular Hbond substituents is 1. The molecule has 4 nitrogen and oxygen atoms in total. The van der Waals surface area contributed by atoms with Crippen LogP contribution in [0.25, 0.3) is 20.8 Å². The monoisotopic (exact) mass is 246 g/mol. The van der Waals surface area contributed by atoms with Gasteiger partial charge < -0.3 is 9.63 Å². The molecule has 86 valence electrons. The summed E-state index contributed by atoms with van der Waals surface area (Å²) in [7, 11) is 0. The second-order valence-electron chi connectivity index (χ2n) is 3.87. The predicted octanol–water partition coefficient (Wildman–Crippen LogP) is 3.27. The van der Waals surface area contributed by atoms with Gasteiger partial charge in [-0.1, -0.05) is 5.16 Å². The molecule has 2 heterocycles. The number of benzene rings is 1. The lowest BCUT2D eigenvalue weighted by atomic mass is 10.1. The summed E-state index contributed by atoms with van der Waals surface area (Å²) in [6, 6.07) is 5.35. The second-order valence-corrected chi connectivity index (χ2v) is 4.93. The number of nitrogens with zero attached hydrogens (tertiary/aromatic N) is 2. The number of aryl methyl sites for hydroxylation is 2. The molecule has 1 aromatic carbocycles. The molecule has 3 aromatic rings. The predicted molar refractivity (Wildman–Crippen MR) is 66.3 cm³/mol. The Morgan fingerprint density at radius 2 is 2.12 bits per heavy atom. The molecule has 0 saturated carbocycles. The molecule has 3 rings (SSSR count). The molecule has 0 fully saturated rings. The van der Waals surface area contributed by atoms with Crippen LogP contribution in [0.4, 0.5) is 0 Å². The topological polar surface area (TPSA) is 59.2 Å². The number of aromatic nitrogens is 2.